The number of aliphatic carboxylic acids is 1. The number of piperidine rings is 1. The Morgan fingerprint density at radius 1 is 1.23 bits per heavy atom. The van der Waals surface area contributed by atoms with Crippen molar-refractivity contribution in [2.45, 2.75) is 25.7 Å². The molecule has 0 bridgehead atoms. The van der Waals surface area contributed by atoms with Crippen LogP contribution in [0.5, 0.6) is 5.75 Å². The Labute approximate surface area is 152 Å². The molecular weight excluding hydrogens is 336 g/mol. The average molecular weight is 360 g/mol. The van der Waals surface area contributed by atoms with Gasteiger partial charge in [-0.25, -0.2) is 0 Å². The van der Waals surface area contributed by atoms with Crippen molar-refractivity contribution >= 4 is 23.5 Å². The Bertz CT molecular complexity index is 697. The van der Waals surface area contributed by atoms with Gasteiger partial charge in [-0.05, 0) is 30.9 Å². The molecule has 1 unspecified atom stereocenters. The van der Waals surface area contributed by atoms with E-state index in [-0.39, 0.29) is 36.5 Å². The highest BCUT2D eigenvalue weighted by Crippen LogP contribution is 2.33. The number of benzene rings is 1. The third-order valence-corrected chi connectivity index (χ3v) is 5.24. The molecule has 2 saturated heterocycles. The fourth-order valence-corrected chi connectivity index (χ4v) is 3.82. The van der Waals surface area contributed by atoms with Crippen molar-refractivity contribution in [2.75, 3.05) is 31.6 Å². The Hall–Kier alpha value is -2.57. The monoisotopic (exact) mass is 360 g/mol. The predicted molar refractivity (Wildman–Crippen MR) is 95.0 cm³/mol. The van der Waals surface area contributed by atoms with Crippen LogP contribution in [0.2, 0.25) is 0 Å². The molecule has 140 valence electrons. The molecule has 2 aliphatic rings. The zero-order valence-electron chi connectivity index (χ0n) is 14.9. The number of nitrogens with zero attached hydrogens (tertiary/aromatic N) is 2. The first-order valence-electron chi connectivity index (χ1n) is 8.93. The molecule has 1 atom stereocenters. The molecule has 0 radical (unpaired) electrons. The molecule has 3 rings (SSSR count). The normalized spacial score (nSPS) is 21.1. The topological polar surface area (TPSA) is 87.2 Å². The van der Waals surface area contributed by atoms with Crippen LogP contribution in [0.1, 0.15) is 25.7 Å². The summed E-state index contributed by atoms with van der Waals surface area (Å²) in [5.74, 6) is -0.486. The number of carbonyl (C=O) groups is 3. The van der Waals surface area contributed by atoms with Crippen molar-refractivity contribution in [3.63, 3.8) is 0 Å². The van der Waals surface area contributed by atoms with E-state index < -0.39 is 5.97 Å². The van der Waals surface area contributed by atoms with Gasteiger partial charge < -0.3 is 19.6 Å². The smallest absolute Gasteiger partial charge is 0.303 e. The Morgan fingerprint density at radius 3 is 2.58 bits per heavy atom. The predicted octanol–water partition coefficient (Wildman–Crippen LogP) is 1.76. The second-order valence-corrected chi connectivity index (χ2v) is 6.94. The maximum Gasteiger partial charge on any atom is 0.303 e. The first-order valence-corrected chi connectivity index (χ1v) is 8.93. The summed E-state index contributed by atoms with van der Waals surface area (Å²) in [6, 6.07) is 7.30. The molecule has 0 aliphatic carbocycles. The molecule has 2 aliphatic heterocycles. The fourth-order valence-electron chi connectivity index (χ4n) is 3.82. The van der Waals surface area contributed by atoms with Gasteiger partial charge in [-0.15, -0.1) is 0 Å². The molecule has 2 fully saturated rings. The number of hydrogen-bond acceptors (Lipinski definition) is 4. The van der Waals surface area contributed by atoms with E-state index in [1.807, 2.05) is 18.2 Å². The number of amides is 2. The highest BCUT2D eigenvalue weighted by atomic mass is 16.5. The van der Waals surface area contributed by atoms with E-state index in [0.29, 0.717) is 43.9 Å². The third-order valence-electron chi connectivity index (χ3n) is 5.24. The summed E-state index contributed by atoms with van der Waals surface area (Å²) in [6.45, 7) is 1.49. The molecule has 1 N–H and O–H groups in total. The van der Waals surface area contributed by atoms with Crippen molar-refractivity contribution in [3.8, 4) is 5.75 Å². The molecule has 7 nitrogen and oxygen atoms in total. The van der Waals surface area contributed by atoms with Gasteiger partial charge in [0.1, 0.15) is 5.75 Å². The van der Waals surface area contributed by atoms with Gasteiger partial charge in [0.2, 0.25) is 11.8 Å². The third kappa shape index (κ3) is 3.81. The number of hydrogen-bond donors (Lipinski definition) is 1. The average Bonchev–Trinajstić information content (AvgIpc) is 3.02. The SMILES string of the molecule is COc1ccccc1N1CC(C(=O)N2CCC(CC(=O)O)CC2)CC1=O. The van der Waals surface area contributed by atoms with Crippen LogP contribution < -0.4 is 9.64 Å². The highest BCUT2D eigenvalue weighted by molar-refractivity contribution is 6.01. The van der Waals surface area contributed by atoms with Crippen LogP contribution in [0.3, 0.4) is 0 Å². The van der Waals surface area contributed by atoms with E-state index in [1.54, 1.807) is 23.0 Å². The summed E-state index contributed by atoms with van der Waals surface area (Å²) in [6.07, 6.45) is 1.77. The summed E-state index contributed by atoms with van der Waals surface area (Å²) in [7, 11) is 1.56. The Morgan fingerprint density at radius 2 is 1.92 bits per heavy atom. The first-order chi connectivity index (χ1) is 12.5. The quantitative estimate of drug-likeness (QED) is 0.865. The van der Waals surface area contributed by atoms with Crippen molar-refractivity contribution in [2.24, 2.45) is 11.8 Å². The lowest BCUT2D eigenvalue weighted by molar-refractivity contribution is -0.139. The van der Waals surface area contributed by atoms with Crippen LogP contribution >= 0.6 is 0 Å². The second-order valence-electron chi connectivity index (χ2n) is 6.94. The highest BCUT2D eigenvalue weighted by Gasteiger charge is 2.38. The van der Waals surface area contributed by atoms with Crippen LogP contribution in [0, 0.1) is 11.8 Å². The van der Waals surface area contributed by atoms with E-state index >= 15 is 0 Å². The lowest BCUT2D eigenvalue weighted by Crippen LogP contribution is -2.42. The van der Waals surface area contributed by atoms with E-state index in [0.717, 1.165) is 0 Å². The maximum atomic E-state index is 12.8. The number of ether oxygens (including phenoxy) is 1. The Kier molecular flexibility index (Phi) is 5.44. The Balaban J connectivity index is 1.62. The fraction of sp³-hybridized carbons (Fsp3) is 0.526. The van der Waals surface area contributed by atoms with E-state index in [1.165, 1.54) is 0 Å². The number of anilines is 1. The van der Waals surface area contributed by atoms with E-state index in [9.17, 15) is 14.4 Å². The minimum absolute atomic E-state index is 0.00970. The number of methoxy groups -OCH3 is 1. The van der Waals surface area contributed by atoms with Crippen molar-refractivity contribution in [3.05, 3.63) is 24.3 Å². The molecule has 1 aromatic rings. The molecule has 2 heterocycles. The maximum absolute atomic E-state index is 12.8. The molecule has 1 aromatic carbocycles. The lowest BCUT2D eigenvalue weighted by Gasteiger charge is -2.33. The second kappa shape index (κ2) is 7.76. The van der Waals surface area contributed by atoms with Gasteiger partial charge in [0.05, 0.1) is 18.7 Å². The van der Waals surface area contributed by atoms with Gasteiger partial charge in [-0.3, -0.25) is 14.4 Å². The van der Waals surface area contributed by atoms with Crippen LogP contribution in [-0.2, 0) is 14.4 Å². The van der Waals surface area contributed by atoms with Gasteiger partial charge in [-0.2, -0.15) is 0 Å². The zero-order valence-corrected chi connectivity index (χ0v) is 14.9. The van der Waals surface area contributed by atoms with E-state index in [2.05, 4.69) is 0 Å². The van der Waals surface area contributed by atoms with Crippen LogP contribution in [-0.4, -0.2) is 54.5 Å². The van der Waals surface area contributed by atoms with Crippen molar-refractivity contribution in [1.82, 2.24) is 4.90 Å². The summed E-state index contributed by atoms with van der Waals surface area (Å²) < 4.78 is 5.32. The van der Waals surface area contributed by atoms with Gasteiger partial charge >= 0.3 is 5.97 Å². The van der Waals surface area contributed by atoms with Crippen LogP contribution in [0.15, 0.2) is 24.3 Å². The van der Waals surface area contributed by atoms with Crippen LogP contribution in [0.25, 0.3) is 0 Å². The molecule has 26 heavy (non-hydrogen) atoms. The van der Waals surface area contributed by atoms with Gasteiger partial charge in [0, 0.05) is 32.5 Å². The number of para-hydroxylation sites is 2. The molecule has 7 heteroatoms. The minimum atomic E-state index is -0.788. The van der Waals surface area contributed by atoms with Crippen molar-refractivity contribution < 1.29 is 24.2 Å². The molecule has 0 saturated carbocycles. The molecular formula is C19H24N2O5. The lowest BCUT2D eigenvalue weighted by atomic mass is 9.92. The molecule has 2 amide bonds. The van der Waals surface area contributed by atoms with Gasteiger partial charge in [0.25, 0.3) is 0 Å². The minimum Gasteiger partial charge on any atom is -0.495 e. The first kappa shape index (κ1) is 18.2. The van der Waals surface area contributed by atoms with Gasteiger partial charge in [-0.1, -0.05) is 12.1 Å². The van der Waals surface area contributed by atoms with Crippen molar-refractivity contribution in [1.29, 1.82) is 0 Å². The summed E-state index contributed by atoms with van der Waals surface area (Å²) in [5, 5.41) is 8.89. The summed E-state index contributed by atoms with van der Waals surface area (Å²) in [4.78, 5) is 39.5. The zero-order chi connectivity index (χ0) is 18.7. The van der Waals surface area contributed by atoms with E-state index in [4.69, 9.17) is 9.84 Å². The largest absolute Gasteiger partial charge is 0.495 e. The number of likely N-dealkylation sites (tertiary alicyclic amines) is 1. The van der Waals surface area contributed by atoms with Gasteiger partial charge in [0.15, 0.2) is 0 Å². The number of carboxylic acids is 1. The number of rotatable bonds is 5. The summed E-state index contributed by atoms with van der Waals surface area (Å²) >= 11 is 0. The number of carboxylic acid groups (broad SMARTS) is 1. The van der Waals surface area contributed by atoms with Crippen LogP contribution in [0.4, 0.5) is 5.69 Å². The number of carbonyl (C=O) groups excluding carboxylic acids is 2. The molecule has 0 spiro atoms. The standard InChI is InChI=1S/C19H24N2O5/c1-26-16-5-3-2-4-15(16)21-12-14(11-17(21)22)19(25)20-8-6-13(7-9-20)10-18(23)24/h2-5,13-14H,6-12H2,1H3,(H,23,24). The summed E-state index contributed by atoms with van der Waals surface area (Å²) in [5.41, 5.74) is 0.690. The molecule has 0 aromatic heterocycles.